The van der Waals surface area contributed by atoms with E-state index in [1.807, 2.05) is 43.3 Å². The van der Waals surface area contributed by atoms with Crippen molar-refractivity contribution in [2.24, 2.45) is 0 Å². The summed E-state index contributed by atoms with van der Waals surface area (Å²) in [6.45, 7) is 3.04. The number of carbonyl (C=O) groups is 1. The van der Waals surface area contributed by atoms with Gasteiger partial charge < -0.3 is 4.90 Å². The normalized spacial score (nSPS) is 14.6. The number of hydrogen-bond acceptors (Lipinski definition) is 5. The van der Waals surface area contributed by atoms with E-state index in [9.17, 15) is 18.5 Å². The van der Waals surface area contributed by atoms with Crippen molar-refractivity contribution in [1.29, 1.82) is 5.26 Å². The molecule has 0 unspecified atom stereocenters. The molecule has 3 aromatic carbocycles. The summed E-state index contributed by atoms with van der Waals surface area (Å²) in [6, 6.07) is 23.6. The minimum atomic E-state index is -3.59. The molecule has 33 heavy (non-hydrogen) atoms. The molecule has 0 N–H and O–H groups in total. The maximum Gasteiger partial charge on any atom is 0.255 e. The van der Waals surface area contributed by atoms with E-state index in [4.69, 9.17) is 0 Å². The van der Waals surface area contributed by atoms with Crippen molar-refractivity contribution in [3.8, 4) is 6.07 Å². The van der Waals surface area contributed by atoms with Crippen molar-refractivity contribution in [2.75, 3.05) is 26.2 Å². The van der Waals surface area contributed by atoms with Gasteiger partial charge in [-0.1, -0.05) is 53.7 Å². The predicted molar refractivity (Wildman–Crippen MR) is 128 cm³/mol. The molecule has 6 nitrogen and oxygen atoms in total. The molecule has 0 bridgehead atoms. The van der Waals surface area contributed by atoms with Gasteiger partial charge in [-0.05, 0) is 43.3 Å². The zero-order chi connectivity index (χ0) is 23.4. The van der Waals surface area contributed by atoms with Crippen LogP contribution in [0.5, 0.6) is 0 Å². The van der Waals surface area contributed by atoms with E-state index in [1.165, 1.54) is 16.1 Å². The smallest absolute Gasteiger partial charge is 0.255 e. The number of aryl methyl sites for hydroxylation is 1. The molecule has 0 aliphatic carbocycles. The number of nitrogens with zero attached hydrogens (tertiary/aromatic N) is 3. The van der Waals surface area contributed by atoms with Crippen molar-refractivity contribution >= 4 is 27.7 Å². The molecule has 0 spiro atoms. The predicted octanol–water partition coefficient (Wildman–Crippen LogP) is 4.16. The SMILES string of the molecule is Cc1ccc(S(=O)(=O)N2CCN(C(=O)c3ccccc3Sc3ccccc3C#N)CC2)cc1. The van der Waals surface area contributed by atoms with Crippen LogP contribution in [0.2, 0.25) is 0 Å². The van der Waals surface area contributed by atoms with Crippen molar-refractivity contribution < 1.29 is 13.2 Å². The molecule has 3 aromatic rings. The molecular formula is C25H23N3O3S2. The third-order valence-electron chi connectivity index (χ3n) is 5.53. The lowest BCUT2D eigenvalue weighted by atomic mass is 10.2. The van der Waals surface area contributed by atoms with E-state index < -0.39 is 10.0 Å². The van der Waals surface area contributed by atoms with Gasteiger partial charge in [-0.25, -0.2) is 8.42 Å². The van der Waals surface area contributed by atoms with Crippen molar-refractivity contribution in [2.45, 2.75) is 21.6 Å². The van der Waals surface area contributed by atoms with Crippen LogP contribution in [0.4, 0.5) is 0 Å². The van der Waals surface area contributed by atoms with Crippen LogP contribution in [0.25, 0.3) is 0 Å². The van der Waals surface area contributed by atoms with Crippen LogP contribution < -0.4 is 0 Å². The molecule has 1 fully saturated rings. The fraction of sp³-hybridized carbons (Fsp3) is 0.200. The highest BCUT2D eigenvalue weighted by molar-refractivity contribution is 7.99. The van der Waals surface area contributed by atoms with Crippen LogP contribution in [-0.2, 0) is 10.0 Å². The van der Waals surface area contributed by atoms with Gasteiger partial charge in [0.25, 0.3) is 5.91 Å². The molecule has 1 heterocycles. The highest BCUT2D eigenvalue weighted by Crippen LogP contribution is 2.33. The molecule has 0 saturated carbocycles. The first-order valence-corrected chi connectivity index (χ1v) is 12.8. The molecule has 0 atom stereocenters. The second-order valence-electron chi connectivity index (χ2n) is 7.72. The Kier molecular flexibility index (Phi) is 6.84. The van der Waals surface area contributed by atoms with Crippen LogP contribution in [-0.4, -0.2) is 49.7 Å². The Bertz CT molecular complexity index is 1310. The minimum absolute atomic E-state index is 0.139. The van der Waals surface area contributed by atoms with E-state index in [1.54, 1.807) is 41.3 Å². The van der Waals surface area contributed by atoms with E-state index in [0.29, 0.717) is 24.2 Å². The summed E-state index contributed by atoms with van der Waals surface area (Å²) in [7, 11) is -3.59. The molecule has 1 saturated heterocycles. The average Bonchev–Trinajstić information content (AvgIpc) is 2.84. The van der Waals surface area contributed by atoms with Gasteiger partial charge >= 0.3 is 0 Å². The first-order chi connectivity index (χ1) is 15.9. The molecule has 1 aliphatic heterocycles. The van der Waals surface area contributed by atoms with Gasteiger partial charge in [-0.2, -0.15) is 9.57 Å². The molecule has 8 heteroatoms. The minimum Gasteiger partial charge on any atom is -0.336 e. The Hall–Kier alpha value is -3.12. The van der Waals surface area contributed by atoms with Gasteiger partial charge in [0.05, 0.1) is 16.0 Å². The van der Waals surface area contributed by atoms with E-state index in [2.05, 4.69) is 6.07 Å². The fourth-order valence-corrected chi connectivity index (χ4v) is 6.10. The molecule has 0 radical (unpaired) electrons. The maximum absolute atomic E-state index is 13.3. The van der Waals surface area contributed by atoms with Gasteiger partial charge in [0, 0.05) is 36.0 Å². The average molecular weight is 478 g/mol. The standard InChI is InChI=1S/C25H23N3O3S2/c1-19-10-12-21(13-11-19)33(30,31)28-16-14-27(15-17-28)25(29)22-7-3-5-9-24(22)32-23-8-4-2-6-20(23)18-26/h2-13H,14-17H2,1H3. The van der Waals surface area contributed by atoms with Gasteiger partial charge in [0.15, 0.2) is 0 Å². The van der Waals surface area contributed by atoms with Crippen LogP contribution in [0, 0.1) is 18.3 Å². The lowest BCUT2D eigenvalue weighted by Gasteiger charge is -2.34. The van der Waals surface area contributed by atoms with Crippen molar-refractivity contribution in [3.05, 3.63) is 89.5 Å². The number of carbonyl (C=O) groups excluding carboxylic acids is 1. The summed E-state index contributed by atoms with van der Waals surface area (Å²) in [4.78, 5) is 16.8. The van der Waals surface area contributed by atoms with Crippen molar-refractivity contribution in [3.63, 3.8) is 0 Å². The summed E-state index contributed by atoms with van der Waals surface area (Å²) < 4.78 is 27.3. The van der Waals surface area contributed by atoms with Gasteiger partial charge in [-0.15, -0.1) is 0 Å². The molecule has 168 valence electrons. The van der Waals surface area contributed by atoms with Crippen LogP contribution in [0.15, 0.2) is 87.5 Å². The Morgan fingerprint density at radius 3 is 2.15 bits per heavy atom. The fourth-order valence-electron chi connectivity index (χ4n) is 3.66. The van der Waals surface area contributed by atoms with E-state index in [-0.39, 0.29) is 23.9 Å². The molecule has 1 aliphatic rings. The highest BCUT2D eigenvalue weighted by atomic mass is 32.2. The maximum atomic E-state index is 13.3. The molecule has 4 rings (SSSR count). The number of piperazine rings is 1. The first-order valence-electron chi connectivity index (χ1n) is 10.5. The summed E-state index contributed by atoms with van der Waals surface area (Å²) in [5.41, 5.74) is 2.10. The molecule has 0 aromatic heterocycles. The Balaban J connectivity index is 1.48. The number of amides is 1. The number of benzene rings is 3. The molecule has 1 amide bonds. The molecular weight excluding hydrogens is 454 g/mol. The summed E-state index contributed by atoms with van der Waals surface area (Å²) in [5, 5.41) is 9.37. The summed E-state index contributed by atoms with van der Waals surface area (Å²) in [5.74, 6) is -0.139. The number of nitriles is 1. The third kappa shape index (κ3) is 4.96. The van der Waals surface area contributed by atoms with Gasteiger partial charge in [0.1, 0.15) is 6.07 Å². The second-order valence-corrected chi connectivity index (χ2v) is 10.7. The topological polar surface area (TPSA) is 81.5 Å². The van der Waals surface area contributed by atoms with Crippen LogP contribution >= 0.6 is 11.8 Å². The third-order valence-corrected chi connectivity index (χ3v) is 8.59. The Morgan fingerprint density at radius 2 is 1.48 bits per heavy atom. The lowest BCUT2D eigenvalue weighted by molar-refractivity contribution is 0.0694. The summed E-state index contributed by atoms with van der Waals surface area (Å²) >= 11 is 1.38. The van der Waals surface area contributed by atoms with Gasteiger partial charge in [-0.3, -0.25) is 4.79 Å². The summed E-state index contributed by atoms with van der Waals surface area (Å²) in [6.07, 6.45) is 0. The Labute approximate surface area is 198 Å². The number of rotatable bonds is 5. The Morgan fingerprint density at radius 1 is 0.879 bits per heavy atom. The second kappa shape index (κ2) is 9.79. The van der Waals surface area contributed by atoms with E-state index in [0.717, 1.165) is 15.4 Å². The largest absolute Gasteiger partial charge is 0.336 e. The monoisotopic (exact) mass is 477 g/mol. The zero-order valence-electron chi connectivity index (χ0n) is 18.1. The van der Waals surface area contributed by atoms with Crippen LogP contribution in [0.3, 0.4) is 0 Å². The number of sulfonamides is 1. The van der Waals surface area contributed by atoms with Crippen molar-refractivity contribution in [1.82, 2.24) is 9.21 Å². The lowest BCUT2D eigenvalue weighted by Crippen LogP contribution is -2.50. The van der Waals surface area contributed by atoms with Gasteiger partial charge in [0.2, 0.25) is 10.0 Å². The van der Waals surface area contributed by atoms with Crippen LogP contribution in [0.1, 0.15) is 21.5 Å². The zero-order valence-corrected chi connectivity index (χ0v) is 19.8. The number of hydrogen-bond donors (Lipinski definition) is 0. The first kappa shape index (κ1) is 23.1. The highest BCUT2D eigenvalue weighted by Gasteiger charge is 2.31. The quantitative estimate of drug-likeness (QED) is 0.551. The van der Waals surface area contributed by atoms with E-state index >= 15 is 0 Å².